The van der Waals surface area contributed by atoms with Gasteiger partial charge in [0.2, 0.25) is 0 Å². The molecule has 144 valence electrons. The van der Waals surface area contributed by atoms with Crippen molar-refractivity contribution in [2.75, 3.05) is 0 Å². The maximum atomic E-state index is 15.0. The van der Waals surface area contributed by atoms with Crippen molar-refractivity contribution in [2.45, 2.75) is 44.5 Å². The number of hydrogen-bond acceptors (Lipinski definition) is 4. The average Bonchev–Trinajstić information content (AvgIpc) is 2.95. The van der Waals surface area contributed by atoms with Crippen molar-refractivity contribution in [3.63, 3.8) is 0 Å². The molecule has 0 aromatic heterocycles. The van der Waals surface area contributed by atoms with Gasteiger partial charge >= 0.3 is 0 Å². The van der Waals surface area contributed by atoms with Crippen LogP contribution in [0.2, 0.25) is 0 Å². The monoisotopic (exact) mass is 388 g/mol. The van der Waals surface area contributed by atoms with Gasteiger partial charge in [0.15, 0.2) is 12.3 Å². The second-order valence-corrected chi connectivity index (χ2v) is 6.05. The Hall–Kier alpha value is -3.36. The molecular formula is C20H16F4N4. The Kier molecular flexibility index (Phi) is 7.73. The van der Waals surface area contributed by atoms with Crippen LogP contribution in [0.3, 0.4) is 0 Å². The van der Waals surface area contributed by atoms with Crippen molar-refractivity contribution in [1.29, 1.82) is 21.0 Å². The molecule has 0 saturated carbocycles. The summed E-state index contributed by atoms with van der Waals surface area (Å²) in [7, 11) is 0. The number of rotatable bonds is 7. The SMILES string of the molecule is C=C(C1=C(C(=C)C(F)CC(C#N)C#N)C(F)C(=C(C#N)C#N)C1F)C(F)CC. The van der Waals surface area contributed by atoms with E-state index >= 15 is 4.39 Å². The lowest BCUT2D eigenvalue weighted by Gasteiger charge is -2.19. The highest BCUT2D eigenvalue weighted by Crippen LogP contribution is 2.46. The van der Waals surface area contributed by atoms with E-state index in [0.29, 0.717) is 0 Å². The Morgan fingerprint density at radius 1 is 0.929 bits per heavy atom. The zero-order chi connectivity index (χ0) is 21.6. The van der Waals surface area contributed by atoms with E-state index in [1.165, 1.54) is 19.1 Å². The third kappa shape index (κ3) is 4.13. The van der Waals surface area contributed by atoms with Gasteiger partial charge in [-0.05, 0) is 17.6 Å². The first-order valence-corrected chi connectivity index (χ1v) is 8.22. The molecule has 8 heteroatoms. The van der Waals surface area contributed by atoms with Crippen LogP contribution in [-0.2, 0) is 0 Å². The van der Waals surface area contributed by atoms with Crippen molar-refractivity contribution in [3.8, 4) is 24.3 Å². The quantitative estimate of drug-likeness (QED) is 0.471. The van der Waals surface area contributed by atoms with Crippen LogP contribution in [0.1, 0.15) is 19.8 Å². The number of nitriles is 4. The minimum atomic E-state index is -2.41. The Bertz CT molecular complexity index is 874. The smallest absolute Gasteiger partial charge is 0.152 e. The van der Waals surface area contributed by atoms with E-state index in [0.717, 1.165) is 0 Å². The zero-order valence-corrected chi connectivity index (χ0v) is 15.0. The predicted octanol–water partition coefficient (Wildman–Crippen LogP) is 4.57. The van der Waals surface area contributed by atoms with Crippen LogP contribution in [0.5, 0.6) is 0 Å². The van der Waals surface area contributed by atoms with Crippen LogP contribution in [0.15, 0.2) is 46.6 Å². The summed E-state index contributed by atoms with van der Waals surface area (Å²) in [4.78, 5) is 0. The predicted molar refractivity (Wildman–Crippen MR) is 92.8 cm³/mol. The second kappa shape index (κ2) is 9.54. The number of allylic oxidation sites excluding steroid dienone is 6. The van der Waals surface area contributed by atoms with Crippen LogP contribution in [0.25, 0.3) is 0 Å². The molecule has 0 aromatic carbocycles. The lowest BCUT2D eigenvalue weighted by Crippen LogP contribution is -2.16. The highest BCUT2D eigenvalue weighted by atomic mass is 19.2. The summed E-state index contributed by atoms with van der Waals surface area (Å²) in [5.74, 6) is -1.35. The van der Waals surface area contributed by atoms with Crippen LogP contribution >= 0.6 is 0 Å². The summed E-state index contributed by atoms with van der Waals surface area (Å²) < 4.78 is 58.8. The topological polar surface area (TPSA) is 95.2 Å². The molecule has 4 unspecified atom stereocenters. The third-order valence-corrected chi connectivity index (χ3v) is 4.42. The summed E-state index contributed by atoms with van der Waals surface area (Å²) in [5, 5.41) is 35.5. The van der Waals surface area contributed by atoms with E-state index in [4.69, 9.17) is 21.0 Å². The Morgan fingerprint density at radius 2 is 1.36 bits per heavy atom. The summed E-state index contributed by atoms with van der Waals surface area (Å²) in [5.41, 5.74) is -3.97. The van der Waals surface area contributed by atoms with E-state index in [9.17, 15) is 13.2 Å². The molecule has 0 bridgehead atoms. The molecule has 0 aliphatic heterocycles. The molecule has 0 radical (unpaired) electrons. The zero-order valence-electron chi connectivity index (χ0n) is 15.0. The van der Waals surface area contributed by atoms with Crippen LogP contribution < -0.4 is 0 Å². The molecule has 0 saturated heterocycles. The molecule has 1 rings (SSSR count). The van der Waals surface area contributed by atoms with Gasteiger partial charge in [0.05, 0.1) is 12.1 Å². The standard InChI is InChI=1S/C20H16F4N4/c1-4-14(21)10(2)16-17(11(3)15(22)5-12(6-25)7-26)20(24)18(19(16)23)13(8-27)9-28/h12,14-15,19-20H,2-5H2,1H3. The molecular weight excluding hydrogens is 372 g/mol. The fraction of sp³-hybridized carbons (Fsp3) is 0.400. The maximum Gasteiger partial charge on any atom is 0.152 e. The molecule has 0 heterocycles. The van der Waals surface area contributed by atoms with Gasteiger partial charge in [0, 0.05) is 23.1 Å². The first-order valence-electron chi connectivity index (χ1n) is 8.22. The van der Waals surface area contributed by atoms with Crippen molar-refractivity contribution in [3.05, 3.63) is 46.6 Å². The molecule has 0 aromatic rings. The van der Waals surface area contributed by atoms with Gasteiger partial charge in [-0.25, -0.2) is 17.6 Å². The fourth-order valence-electron chi connectivity index (χ4n) is 2.86. The summed E-state index contributed by atoms with van der Waals surface area (Å²) in [6.45, 7) is 8.26. The van der Waals surface area contributed by atoms with Gasteiger partial charge in [-0.3, -0.25) is 0 Å². The molecule has 0 N–H and O–H groups in total. The van der Waals surface area contributed by atoms with E-state index in [1.807, 2.05) is 0 Å². The second-order valence-electron chi connectivity index (χ2n) is 6.05. The highest BCUT2D eigenvalue weighted by Gasteiger charge is 2.45. The van der Waals surface area contributed by atoms with E-state index < -0.39 is 70.5 Å². The van der Waals surface area contributed by atoms with E-state index in [1.54, 1.807) is 12.1 Å². The fourth-order valence-corrected chi connectivity index (χ4v) is 2.86. The minimum absolute atomic E-state index is 0.113. The van der Waals surface area contributed by atoms with E-state index in [2.05, 4.69) is 13.2 Å². The average molecular weight is 388 g/mol. The minimum Gasteiger partial charge on any atom is -0.242 e. The molecule has 4 nitrogen and oxygen atoms in total. The molecule has 1 aliphatic carbocycles. The Morgan fingerprint density at radius 3 is 1.71 bits per heavy atom. The summed E-state index contributed by atoms with van der Waals surface area (Å²) in [6, 6.07) is 5.86. The van der Waals surface area contributed by atoms with Gasteiger partial charge in [-0.1, -0.05) is 20.1 Å². The summed E-state index contributed by atoms with van der Waals surface area (Å²) >= 11 is 0. The van der Waals surface area contributed by atoms with Gasteiger partial charge in [0.1, 0.15) is 36.0 Å². The van der Waals surface area contributed by atoms with Gasteiger partial charge in [-0.15, -0.1) is 0 Å². The lowest BCUT2D eigenvalue weighted by atomic mass is 9.90. The van der Waals surface area contributed by atoms with Crippen molar-refractivity contribution in [1.82, 2.24) is 0 Å². The molecule has 0 fully saturated rings. The molecule has 0 spiro atoms. The maximum absolute atomic E-state index is 15.0. The first-order chi connectivity index (χ1) is 13.2. The number of alkyl halides is 4. The normalized spacial score (nSPS) is 20.6. The molecule has 0 amide bonds. The highest BCUT2D eigenvalue weighted by molar-refractivity contribution is 5.64. The third-order valence-electron chi connectivity index (χ3n) is 4.42. The van der Waals surface area contributed by atoms with Crippen molar-refractivity contribution in [2.24, 2.45) is 5.92 Å². The van der Waals surface area contributed by atoms with E-state index in [-0.39, 0.29) is 6.42 Å². The number of halogens is 4. The molecule has 28 heavy (non-hydrogen) atoms. The molecule has 4 atom stereocenters. The van der Waals surface area contributed by atoms with Crippen LogP contribution in [0.4, 0.5) is 17.6 Å². The van der Waals surface area contributed by atoms with Crippen LogP contribution in [0, 0.1) is 51.2 Å². The van der Waals surface area contributed by atoms with Gasteiger partial charge < -0.3 is 0 Å². The first kappa shape index (κ1) is 22.7. The Labute approximate surface area is 160 Å². The number of hydrogen-bond donors (Lipinski definition) is 0. The van der Waals surface area contributed by atoms with Gasteiger partial charge in [0.25, 0.3) is 0 Å². The summed E-state index contributed by atoms with van der Waals surface area (Å²) in [6.07, 6.45) is -9.40. The lowest BCUT2D eigenvalue weighted by molar-refractivity contribution is 0.339. The Balaban J connectivity index is 3.58. The van der Waals surface area contributed by atoms with Crippen molar-refractivity contribution < 1.29 is 17.6 Å². The van der Waals surface area contributed by atoms with Gasteiger partial charge in [-0.2, -0.15) is 21.0 Å². The number of nitrogens with zero attached hydrogens (tertiary/aromatic N) is 4. The molecule has 1 aliphatic rings. The van der Waals surface area contributed by atoms with Crippen LogP contribution in [-0.4, -0.2) is 24.7 Å². The van der Waals surface area contributed by atoms with Crippen molar-refractivity contribution >= 4 is 0 Å². The largest absolute Gasteiger partial charge is 0.242 e.